The number of rotatable bonds is 10. The lowest BCUT2D eigenvalue weighted by Gasteiger charge is -2.14. The van der Waals surface area contributed by atoms with Crippen molar-refractivity contribution < 1.29 is 4.74 Å². The third-order valence-electron chi connectivity index (χ3n) is 4.49. The average molecular weight is 483 g/mol. The first-order valence-corrected chi connectivity index (χ1v) is 9.41. The molecule has 2 N–H and O–H groups in total. The zero-order chi connectivity index (χ0) is 18.0. The van der Waals surface area contributed by atoms with Gasteiger partial charge in [-0.3, -0.25) is 9.67 Å². The van der Waals surface area contributed by atoms with Crippen molar-refractivity contribution >= 4 is 29.9 Å². The van der Waals surface area contributed by atoms with E-state index in [0.29, 0.717) is 0 Å². The molecule has 7 heteroatoms. The van der Waals surface area contributed by atoms with E-state index in [1.165, 1.54) is 24.0 Å². The Hall–Kier alpha value is -1.61. The Kier molecular flexibility index (Phi) is 9.61. The molecule has 0 radical (unpaired) electrons. The van der Waals surface area contributed by atoms with Gasteiger partial charge in [-0.15, -0.1) is 24.0 Å². The minimum atomic E-state index is 0. The maximum atomic E-state index is 5.66. The molecule has 0 atom stereocenters. The van der Waals surface area contributed by atoms with Crippen molar-refractivity contribution in [2.75, 3.05) is 26.8 Å². The van der Waals surface area contributed by atoms with Gasteiger partial charge in [-0.25, -0.2) is 0 Å². The Morgan fingerprint density at radius 1 is 1.22 bits per heavy atom. The van der Waals surface area contributed by atoms with E-state index in [1.54, 1.807) is 13.2 Å². The fourth-order valence-corrected chi connectivity index (χ4v) is 2.77. The average Bonchev–Trinajstić information content (AvgIpc) is 3.35. The van der Waals surface area contributed by atoms with Gasteiger partial charge >= 0.3 is 0 Å². The highest BCUT2D eigenvalue weighted by atomic mass is 127. The highest BCUT2D eigenvalue weighted by Crippen LogP contribution is 2.28. The molecule has 27 heavy (non-hydrogen) atoms. The lowest BCUT2D eigenvalue weighted by atomic mass is 10.1. The SMILES string of the molecule is CN=C(NCCCOCC1CC1)NCc1ccccc1Cn1cccn1.I. The molecule has 0 bridgehead atoms. The van der Waals surface area contributed by atoms with Crippen molar-refractivity contribution in [1.29, 1.82) is 0 Å². The highest BCUT2D eigenvalue weighted by Gasteiger charge is 2.20. The van der Waals surface area contributed by atoms with Gasteiger partial charge in [-0.2, -0.15) is 5.10 Å². The summed E-state index contributed by atoms with van der Waals surface area (Å²) in [5.74, 6) is 1.65. The van der Waals surface area contributed by atoms with Gasteiger partial charge in [-0.05, 0) is 42.4 Å². The summed E-state index contributed by atoms with van der Waals surface area (Å²) in [5.41, 5.74) is 2.51. The van der Waals surface area contributed by atoms with Crippen molar-refractivity contribution in [3.63, 3.8) is 0 Å². The number of aliphatic imine (C=N–C) groups is 1. The van der Waals surface area contributed by atoms with Crippen molar-refractivity contribution in [2.24, 2.45) is 10.9 Å². The molecule has 6 nitrogen and oxygen atoms in total. The third-order valence-corrected chi connectivity index (χ3v) is 4.49. The molecule has 0 saturated heterocycles. The molecule has 0 unspecified atom stereocenters. The van der Waals surface area contributed by atoms with Crippen LogP contribution >= 0.6 is 24.0 Å². The predicted octanol–water partition coefficient (Wildman–Crippen LogP) is 3.03. The molecule has 2 aromatic rings. The van der Waals surface area contributed by atoms with Gasteiger partial charge in [0.15, 0.2) is 5.96 Å². The number of guanidine groups is 1. The molecule has 1 fully saturated rings. The van der Waals surface area contributed by atoms with Gasteiger partial charge in [0.05, 0.1) is 6.54 Å². The number of hydrogen-bond acceptors (Lipinski definition) is 3. The Labute approximate surface area is 178 Å². The quantitative estimate of drug-likeness (QED) is 0.236. The summed E-state index contributed by atoms with van der Waals surface area (Å²) >= 11 is 0. The zero-order valence-corrected chi connectivity index (χ0v) is 18.3. The van der Waals surface area contributed by atoms with Crippen LogP contribution in [0.3, 0.4) is 0 Å². The molecule has 1 aliphatic rings. The summed E-state index contributed by atoms with van der Waals surface area (Å²) in [4.78, 5) is 4.30. The van der Waals surface area contributed by atoms with E-state index in [1.807, 2.05) is 16.9 Å². The van der Waals surface area contributed by atoms with E-state index < -0.39 is 0 Å². The van der Waals surface area contributed by atoms with E-state index in [9.17, 15) is 0 Å². The Morgan fingerprint density at radius 2 is 2.04 bits per heavy atom. The first-order chi connectivity index (χ1) is 12.8. The molecular formula is C20H30IN5O. The normalized spacial score (nSPS) is 13.9. The predicted molar refractivity (Wildman–Crippen MR) is 120 cm³/mol. The molecule has 3 rings (SSSR count). The van der Waals surface area contributed by atoms with Gasteiger partial charge in [0, 0.05) is 45.7 Å². The number of halogens is 1. The van der Waals surface area contributed by atoms with E-state index in [2.05, 4.69) is 45.0 Å². The van der Waals surface area contributed by atoms with Crippen molar-refractivity contribution in [1.82, 2.24) is 20.4 Å². The summed E-state index contributed by atoms with van der Waals surface area (Å²) in [6.07, 6.45) is 7.47. The molecule has 1 aromatic carbocycles. The zero-order valence-electron chi connectivity index (χ0n) is 15.9. The summed E-state index contributed by atoms with van der Waals surface area (Å²) in [7, 11) is 1.80. The molecule has 148 valence electrons. The third kappa shape index (κ3) is 7.88. The second-order valence-electron chi connectivity index (χ2n) is 6.70. The monoisotopic (exact) mass is 483 g/mol. The molecule has 1 aliphatic carbocycles. The molecular weight excluding hydrogens is 453 g/mol. The molecule has 0 spiro atoms. The first-order valence-electron chi connectivity index (χ1n) is 9.41. The topological polar surface area (TPSA) is 63.5 Å². The standard InChI is InChI=1S/C20H29N5O.HI/c1-21-20(22-10-5-13-26-16-17-8-9-17)23-14-18-6-2-3-7-19(18)15-25-12-4-11-24-25;/h2-4,6-7,11-12,17H,5,8-10,13-16H2,1H3,(H2,21,22,23);1H. The van der Waals surface area contributed by atoms with Crippen molar-refractivity contribution in [3.05, 3.63) is 53.9 Å². The smallest absolute Gasteiger partial charge is 0.191 e. The lowest BCUT2D eigenvalue weighted by molar-refractivity contribution is 0.123. The molecule has 0 amide bonds. The Bertz CT molecular complexity index is 685. The van der Waals surface area contributed by atoms with Gasteiger partial charge in [0.1, 0.15) is 0 Å². The summed E-state index contributed by atoms with van der Waals surface area (Å²) < 4.78 is 7.60. The Morgan fingerprint density at radius 3 is 2.74 bits per heavy atom. The van der Waals surface area contributed by atoms with Gasteiger partial charge < -0.3 is 15.4 Å². The number of ether oxygens (including phenoxy) is 1. The second kappa shape index (κ2) is 12.0. The molecule has 1 saturated carbocycles. The summed E-state index contributed by atoms with van der Waals surface area (Å²) in [6.45, 7) is 4.11. The number of aromatic nitrogens is 2. The van der Waals surface area contributed by atoms with Crippen LogP contribution < -0.4 is 10.6 Å². The summed E-state index contributed by atoms with van der Waals surface area (Å²) in [6, 6.07) is 10.4. The highest BCUT2D eigenvalue weighted by molar-refractivity contribution is 14.0. The number of benzene rings is 1. The molecule has 1 heterocycles. The molecule has 1 aromatic heterocycles. The van der Waals surface area contributed by atoms with Crippen LogP contribution in [0.15, 0.2) is 47.7 Å². The van der Waals surface area contributed by atoms with Gasteiger partial charge in [0.25, 0.3) is 0 Å². The van der Waals surface area contributed by atoms with Crippen LogP contribution in [0.4, 0.5) is 0 Å². The van der Waals surface area contributed by atoms with Crippen LogP contribution in [0.1, 0.15) is 30.4 Å². The second-order valence-corrected chi connectivity index (χ2v) is 6.70. The van der Waals surface area contributed by atoms with E-state index in [-0.39, 0.29) is 24.0 Å². The van der Waals surface area contributed by atoms with Crippen LogP contribution in [0.25, 0.3) is 0 Å². The van der Waals surface area contributed by atoms with E-state index in [4.69, 9.17) is 4.74 Å². The van der Waals surface area contributed by atoms with Crippen LogP contribution in [0, 0.1) is 5.92 Å². The number of hydrogen-bond donors (Lipinski definition) is 2. The first kappa shape index (κ1) is 21.7. The minimum Gasteiger partial charge on any atom is -0.381 e. The minimum absolute atomic E-state index is 0. The van der Waals surface area contributed by atoms with Crippen LogP contribution in [-0.2, 0) is 17.8 Å². The number of nitrogens with zero attached hydrogens (tertiary/aromatic N) is 3. The van der Waals surface area contributed by atoms with Crippen LogP contribution in [0.2, 0.25) is 0 Å². The maximum Gasteiger partial charge on any atom is 0.191 e. The van der Waals surface area contributed by atoms with E-state index in [0.717, 1.165) is 51.1 Å². The fraction of sp³-hybridized carbons (Fsp3) is 0.500. The maximum absolute atomic E-state index is 5.66. The summed E-state index contributed by atoms with van der Waals surface area (Å²) in [5, 5.41) is 11.0. The molecule has 0 aliphatic heterocycles. The van der Waals surface area contributed by atoms with Gasteiger partial charge in [0.2, 0.25) is 0 Å². The number of nitrogens with one attached hydrogen (secondary N) is 2. The fourth-order valence-electron chi connectivity index (χ4n) is 2.77. The lowest BCUT2D eigenvalue weighted by Crippen LogP contribution is -2.37. The van der Waals surface area contributed by atoms with Crippen LogP contribution in [-0.4, -0.2) is 42.5 Å². The largest absolute Gasteiger partial charge is 0.381 e. The van der Waals surface area contributed by atoms with Crippen LogP contribution in [0.5, 0.6) is 0 Å². The van der Waals surface area contributed by atoms with Gasteiger partial charge in [-0.1, -0.05) is 24.3 Å². The Balaban J connectivity index is 0.00000261. The van der Waals surface area contributed by atoms with E-state index >= 15 is 0 Å². The van der Waals surface area contributed by atoms with Crippen molar-refractivity contribution in [2.45, 2.75) is 32.4 Å². The van der Waals surface area contributed by atoms with Crippen molar-refractivity contribution in [3.8, 4) is 0 Å².